The first kappa shape index (κ1) is 19.6. The number of carbonyl (C=O) groups is 2. The monoisotopic (exact) mass is 404 g/mol. The summed E-state index contributed by atoms with van der Waals surface area (Å²) in [5.74, 6) is 0.528. The van der Waals surface area contributed by atoms with Crippen molar-refractivity contribution in [3.8, 4) is 5.75 Å². The number of rotatable bonds is 7. The van der Waals surface area contributed by atoms with E-state index in [9.17, 15) is 9.59 Å². The fourth-order valence-electron chi connectivity index (χ4n) is 2.72. The maximum Gasteiger partial charge on any atom is 0.238 e. The topological polar surface area (TPSA) is 67.4 Å². The lowest BCUT2D eigenvalue weighted by Crippen LogP contribution is -2.35. The summed E-state index contributed by atoms with van der Waals surface area (Å²) < 4.78 is 5.70. The molecule has 0 saturated carbocycles. The molecular weight excluding hydrogens is 384 g/mol. The Balaban J connectivity index is 1.38. The van der Waals surface area contributed by atoms with E-state index in [-0.39, 0.29) is 18.2 Å². The summed E-state index contributed by atoms with van der Waals surface area (Å²) in [4.78, 5) is 25.3. The van der Waals surface area contributed by atoms with Crippen LogP contribution in [0.1, 0.15) is 18.4 Å². The Hall–Kier alpha value is -2.18. The third-order valence-corrected chi connectivity index (χ3v) is 5.63. The van der Waals surface area contributed by atoms with Gasteiger partial charge in [0, 0.05) is 22.9 Å². The van der Waals surface area contributed by atoms with Gasteiger partial charge in [-0.05, 0) is 49.2 Å². The number of thioether (sulfide) groups is 1. The third-order valence-electron chi connectivity index (χ3n) is 4.12. The van der Waals surface area contributed by atoms with Crippen LogP contribution >= 0.6 is 23.4 Å². The third kappa shape index (κ3) is 5.40. The highest BCUT2D eigenvalue weighted by atomic mass is 35.5. The molecule has 1 heterocycles. The molecule has 0 spiro atoms. The van der Waals surface area contributed by atoms with Crippen LogP contribution in [0.3, 0.4) is 0 Å². The molecule has 1 unspecified atom stereocenters. The molecule has 1 aliphatic heterocycles. The molecule has 0 radical (unpaired) electrons. The fraction of sp³-hybridized carbons (Fsp3) is 0.300. The molecule has 2 N–H and O–H groups in total. The largest absolute Gasteiger partial charge is 0.493 e. The second kappa shape index (κ2) is 9.15. The zero-order chi connectivity index (χ0) is 19.2. The molecular formula is C20H21ClN2O3S. The predicted molar refractivity (Wildman–Crippen MR) is 109 cm³/mol. The highest BCUT2D eigenvalue weighted by Gasteiger charge is 2.28. The molecule has 0 saturated heterocycles. The Morgan fingerprint density at radius 3 is 2.93 bits per heavy atom. The Kier molecular flexibility index (Phi) is 6.63. The van der Waals surface area contributed by atoms with Crippen LogP contribution in [0.2, 0.25) is 5.02 Å². The zero-order valence-electron chi connectivity index (χ0n) is 15.0. The number of benzene rings is 2. The normalized spacial score (nSPS) is 15.6. The highest BCUT2D eigenvalue weighted by Crippen LogP contribution is 2.36. The number of amides is 2. The van der Waals surface area contributed by atoms with Crippen molar-refractivity contribution in [1.82, 2.24) is 5.32 Å². The van der Waals surface area contributed by atoms with E-state index in [1.807, 2.05) is 43.3 Å². The molecule has 27 heavy (non-hydrogen) atoms. The van der Waals surface area contributed by atoms with Gasteiger partial charge in [0.05, 0.1) is 17.5 Å². The Labute approximate surface area is 167 Å². The molecule has 5 nitrogen and oxygen atoms in total. The van der Waals surface area contributed by atoms with Crippen molar-refractivity contribution >= 4 is 40.9 Å². The smallest absolute Gasteiger partial charge is 0.238 e. The lowest BCUT2D eigenvalue weighted by molar-refractivity contribution is -0.124. The molecule has 142 valence electrons. The molecule has 0 aromatic heterocycles. The van der Waals surface area contributed by atoms with Gasteiger partial charge < -0.3 is 15.4 Å². The molecule has 7 heteroatoms. The lowest BCUT2D eigenvalue weighted by atomic mass is 10.2. The summed E-state index contributed by atoms with van der Waals surface area (Å²) in [6.45, 7) is 2.93. The first-order chi connectivity index (χ1) is 13.0. The summed E-state index contributed by atoms with van der Waals surface area (Å²) in [5.41, 5.74) is 1.78. The van der Waals surface area contributed by atoms with Gasteiger partial charge in [0.2, 0.25) is 11.8 Å². The first-order valence-corrected chi connectivity index (χ1v) is 10.0. The van der Waals surface area contributed by atoms with Crippen molar-refractivity contribution < 1.29 is 14.3 Å². The lowest BCUT2D eigenvalue weighted by Gasteiger charge is -2.23. The van der Waals surface area contributed by atoms with Gasteiger partial charge in [-0.15, -0.1) is 11.8 Å². The summed E-state index contributed by atoms with van der Waals surface area (Å²) in [7, 11) is 0. The van der Waals surface area contributed by atoms with Crippen LogP contribution in [-0.2, 0) is 9.59 Å². The van der Waals surface area contributed by atoms with E-state index in [4.69, 9.17) is 16.3 Å². The molecule has 1 aliphatic rings. The van der Waals surface area contributed by atoms with E-state index in [1.165, 1.54) is 11.8 Å². The molecule has 0 fully saturated rings. The Morgan fingerprint density at radius 2 is 2.11 bits per heavy atom. The summed E-state index contributed by atoms with van der Waals surface area (Å²) in [6, 6.07) is 13.1. The minimum Gasteiger partial charge on any atom is -0.493 e. The van der Waals surface area contributed by atoms with Crippen molar-refractivity contribution in [2.75, 3.05) is 18.5 Å². The number of hydrogen-bond donors (Lipinski definition) is 2. The number of nitrogens with one attached hydrogen (secondary N) is 2. The van der Waals surface area contributed by atoms with Gasteiger partial charge in [-0.3, -0.25) is 9.59 Å². The predicted octanol–water partition coefficient (Wildman–Crippen LogP) is 4.04. The molecule has 2 amide bonds. The van der Waals surface area contributed by atoms with Crippen molar-refractivity contribution in [1.29, 1.82) is 0 Å². The van der Waals surface area contributed by atoms with Crippen LogP contribution in [-0.4, -0.2) is 30.2 Å². The van der Waals surface area contributed by atoms with E-state index >= 15 is 0 Å². The second-order valence-electron chi connectivity index (χ2n) is 6.26. The van der Waals surface area contributed by atoms with Crippen LogP contribution in [0.5, 0.6) is 5.75 Å². The number of aryl methyl sites for hydroxylation is 1. The summed E-state index contributed by atoms with van der Waals surface area (Å²) in [5, 5.41) is 5.97. The molecule has 3 rings (SSSR count). The minimum atomic E-state index is -0.409. The maximum atomic E-state index is 12.1. The van der Waals surface area contributed by atoms with Gasteiger partial charge in [0.25, 0.3) is 0 Å². The molecule has 0 aliphatic carbocycles. The quantitative estimate of drug-likeness (QED) is 0.683. The van der Waals surface area contributed by atoms with E-state index in [1.54, 1.807) is 6.07 Å². The summed E-state index contributed by atoms with van der Waals surface area (Å²) >= 11 is 7.35. The van der Waals surface area contributed by atoms with Crippen LogP contribution in [0.4, 0.5) is 5.69 Å². The van der Waals surface area contributed by atoms with Crippen molar-refractivity contribution in [3.05, 3.63) is 53.1 Å². The van der Waals surface area contributed by atoms with Crippen LogP contribution in [0.25, 0.3) is 0 Å². The highest BCUT2D eigenvalue weighted by molar-refractivity contribution is 8.01. The van der Waals surface area contributed by atoms with Crippen molar-refractivity contribution in [2.45, 2.75) is 29.9 Å². The van der Waals surface area contributed by atoms with Crippen LogP contribution in [0, 0.1) is 6.92 Å². The van der Waals surface area contributed by atoms with Gasteiger partial charge in [0.1, 0.15) is 5.75 Å². The van der Waals surface area contributed by atoms with Gasteiger partial charge in [0.15, 0.2) is 0 Å². The second-order valence-corrected chi connectivity index (χ2v) is 7.94. The van der Waals surface area contributed by atoms with E-state index in [0.29, 0.717) is 24.6 Å². The number of carbonyl (C=O) groups excluding carboxylic acids is 2. The van der Waals surface area contributed by atoms with Gasteiger partial charge >= 0.3 is 0 Å². The van der Waals surface area contributed by atoms with Crippen LogP contribution in [0.15, 0.2) is 47.4 Å². The SMILES string of the molecule is Cc1cc(Cl)ccc1OCCCNC(=O)CC1Sc2ccccc2NC1=O. The Bertz CT molecular complexity index is 844. The maximum absolute atomic E-state index is 12.1. The van der Waals surface area contributed by atoms with Crippen LogP contribution < -0.4 is 15.4 Å². The number of ether oxygens (including phenoxy) is 1. The summed E-state index contributed by atoms with van der Waals surface area (Å²) in [6.07, 6.45) is 0.836. The first-order valence-electron chi connectivity index (χ1n) is 8.75. The number of anilines is 1. The Morgan fingerprint density at radius 1 is 1.30 bits per heavy atom. The van der Waals surface area contributed by atoms with Crippen molar-refractivity contribution in [3.63, 3.8) is 0 Å². The average molecular weight is 405 g/mol. The zero-order valence-corrected chi connectivity index (χ0v) is 16.5. The van der Waals surface area contributed by atoms with E-state index in [0.717, 1.165) is 21.9 Å². The fourth-order valence-corrected chi connectivity index (χ4v) is 4.06. The number of fused-ring (bicyclic) bond motifs is 1. The van der Waals surface area contributed by atoms with Crippen molar-refractivity contribution in [2.24, 2.45) is 0 Å². The van der Waals surface area contributed by atoms with E-state index in [2.05, 4.69) is 10.6 Å². The molecule has 2 aromatic rings. The number of para-hydroxylation sites is 1. The van der Waals surface area contributed by atoms with E-state index < -0.39 is 5.25 Å². The number of halogens is 1. The minimum absolute atomic E-state index is 0.129. The van der Waals surface area contributed by atoms with Gasteiger partial charge in [-0.1, -0.05) is 23.7 Å². The van der Waals surface area contributed by atoms with Gasteiger partial charge in [-0.2, -0.15) is 0 Å². The number of hydrogen-bond acceptors (Lipinski definition) is 4. The molecule has 2 aromatic carbocycles. The molecule has 0 bridgehead atoms. The van der Waals surface area contributed by atoms with Gasteiger partial charge in [-0.25, -0.2) is 0 Å². The molecule has 1 atom stereocenters. The standard InChI is InChI=1S/C20H21ClN2O3S/c1-13-11-14(21)7-8-16(13)26-10-4-9-22-19(24)12-18-20(25)23-15-5-2-3-6-17(15)27-18/h2-3,5-8,11,18H,4,9-10,12H2,1H3,(H,22,24)(H,23,25). The average Bonchev–Trinajstić information content (AvgIpc) is 2.63.